The number of benzene rings is 1. The summed E-state index contributed by atoms with van der Waals surface area (Å²) in [5.74, 6) is 0.380. The van der Waals surface area contributed by atoms with Crippen LogP contribution in [0.1, 0.15) is 30.7 Å². The SMILES string of the molecule is O=C(NC1CC1)C1CC1c1ccc(F)cc1. The van der Waals surface area contributed by atoms with Gasteiger partial charge in [0, 0.05) is 12.0 Å². The summed E-state index contributed by atoms with van der Waals surface area (Å²) in [4.78, 5) is 11.7. The van der Waals surface area contributed by atoms with E-state index in [0.717, 1.165) is 24.8 Å². The van der Waals surface area contributed by atoms with Crippen LogP contribution in [0.2, 0.25) is 0 Å². The van der Waals surface area contributed by atoms with Crippen LogP contribution in [0, 0.1) is 11.7 Å². The van der Waals surface area contributed by atoms with Crippen LogP contribution in [-0.2, 0) is 4.79 Å². The molecule has 1 N–H and O–H groups in total. The molecule has 2 saturated carbocycles. The molecule has 0 aromatic heterocycles. The molecule has 3 rings (SSSR count). The minimum absolute atomic E-state index is 0.117. The summed E-state index contributed by atoms with van der Waals surface area (Å²) in [6, 6.07) is 6.92. The van der Waals surface area contributed by atoms with Gasteiger partial charge in [-0.2, -0.15) is 0 Å². The van der Waals surface area contributed by atoms with Gasteiger partial charge in [0.2, 0.25) is 5.91 Å². The summed E-state index contributed by atoms with van der Waals surface area (Å²) in [5, 5.41) is 3.01. The van der Waals surface area contributed by atoms with Gasteiger partial charge in [-0.1, -0.05) is 12.1 Å². The molecule has 0 bridgehead atoms. The summed E-state index contributed by atoms with van der Waals surface area (Å²) in [6.07, 6.45) is 3.16. The highest BCUT2D eigenvalue weighted by atomic mass is 19.1. The fourth-order valence-electron chi connectivity index (χ4n) is 2.10. The largest absolute Gasteiger partial charge is 0.353 e. The van der Waals surface area contributed by atoms with Crippen LogP contribution in [0.5, 0.6) is 0 Å². The number of nitrogens with one attached hydrogen (secondary N) is 1. The van der Waals surface area contributed by atoms with Crippen molar-refractivity contribution in [3.63, 3.8) is 0 Å². The van der Waals surface area contributed by atoms with E-state index in [1.165, 1.54) is 12.1 Å². The molecule has 2 aliphatic carbocycles. The van der Waals surface area contributed by atoms with Gasteiger partial charge in [0.15, 0.2) is 0 Å². The van der Waals surface area contributed by atoms with Gasteiger partial charge in [0.1, 0.15) is 5.82 Å². The van der Waals surface area contributed by atoms with Gasteiger partial charge in [-0.3, -0.25) is 4.79 Å². The molecule has 1 aromatic rings. The minimum atomic E-state index is -0.219. The number of halogens is 1. The molecule has 2 unspecified atom stereocenters. The fourth-order valence-corrected chi connectivity index (χ4v) is 2.10. The van der Waals surface area contributed by atoms with E-state index in [9.17, 15) is 9.18 Å². The van der Waals surface area contributed by atoms with E-state index in [1.54, 1.807) is 12.1 Å². The van der Waals surface area contributed by atoms with Crippen LogP contribution in [-0.4, -0.2) is 11.9 Å². The van der Waals surface area contributed by atoms with Crippen molar-refractivity contribution < 1.29 is 9.18 Å². The van der Waals surface area contributed by atoms with E-state index in [2.05, 4.69) is 5.32 Å². The predicted molar refractivity (Wildman–Crippen MR) is 58.4 cm³/mol. The number of hydrogen-bond donors (Lipinski definition) is 1. The van der Waals surface area contributed by atoms with Crippen molar-refractivity contribution in [3.05, 3.63) is 35.6 Å². The van der Waals surface area contributed by atoms with E-state index < -0.39 is 0 Å². The highest BCUT2D eigenvalue weighted by Crippen LogP contribution is 2.47. The molecule has 2 nitrogen and oxygen atoms in total. The second-order valence-corrected chi connectivity index (χ2v) is 4.78. The quantitative estimate of drug-likeness (QED) is 0.829. The zero-order valence-corrected chi connectivity index (χ0v) is 8.95. The number of carbonyl (C=O) groups excluding carboxylic acids is 1. The third kappa shape index (κ3) is 1.94. The monoisotopic (exact) mass is 219 g/mol. The fraction of sp³-hybridized carbons (Fsp3) is 0.462. The Morgan fingerprint density at radius 2 is 1.94 bits per heavy atom. The first-order valence-corrected chi connectivity index (χ1v) is 5.80. The van der Waals surface area contributed by atoms with Crippen LogP contribution in [0.15, 0.2) is 24.3 Å². The van der Waals surface area contributed by atoms with Crippen molar-refractivity contribution in [2.24, 2.45) is 5.92 Å². The van der Waals surface area contributed by atoms with Crippen molar-refractivity contribution in [2.75, 3.05) is 0 Å². The Balaban J connectivity index is 1.62. The average Bonchev–Trinajstić information content (AvgIpc) is 3.12. The zero-order valence-electron chi connectivity index (χ0n) is 8.95. The molecular formula is C13H14FNO. The van der Waals surface area contributed by atoms with E-state index in [0.29, 0.717) is 12.0 Å². The molecule has 0 spiro atoms. The van der Waals surface area contributed by atoms with Gasteiger partial charge >= 0.3 is 0 Å². The summed E-state index contributed by atoms with van der Waals surface area (Å²) < 4.78 is 12.7. The lowest BCUT2D eigenvalue weighted by molar-refractivity contribution is -0.122. The molecule has 0 heterocycles. The number of rotatable bonds is 3. The molecule has 3 heteroatoms. The number of hydrogen-bond acceptors (Lipinski definition) is 1. The van der Waals surface area contributed by atoms with Crippen LogP contribution in [0.25, 0.3) is 0 Å². The number of amides is 1. The lowest BCUT2D eigenvalue weighted by atomic mass is 10.1. The maximum Gasteiger partial charge on any atom is 0.223 e. The lowest BCUT2D eigenvalue weighted by Crippen LogP contribution is -2.27. The van der Waals surface area contributed by atoms with E-state index in [-0.39, 0.29) is 17.6 Å². The maximum atomic E-state index is 12.7. The van der Waals surface area contributed by atoms with Crippen LogP contribution < -0.4 is 5.32 Å². The molecule has 2 fully saturated rings. The molecule has 2 aliphatic rings. The molecule has 84 valence electrons. The molecule has 2 atom stereocenters. The van der Waals surface area contributed by atoms with E-state index in [1.807, 2.05) is 0 Å². The Bertz CT molecular complexity index is 410. The van der Waals surface area contributed by atoms with Gasteiger partial charge in [0.25, 0.3) is 0 Å². The predicted octanol–water partition coefficient (Wildman–Crippen LogP) is 2.21. The van der Waals surface area contributed by atoms with Crippen LogP contribution >= 0.6 is 0 Å². The van der Waals surface area contributed by atoms with E-state index in [4.69, 9.17) is 0 Å². The third-order valence-corrected chi connectivity index (χ3v) is 3.35. The highest BCUT2D eigenvalue weighted by molar-refractivity contribution is 5.83. The lowest BCUT2D eigenvalue weighted by Gasteiger charge is -2.02. The summed E-state index contributed by atoms with van der Waals surface area (Å²) >= 11 is 0. The maximum absolute atomic E-state index is 12.7. The Hall–Kier alpha value is -1.38. The highest BCUT2D eigenvalue weighted by Gasteiger charge is 2.44. The van der Waals surface area contributed by atoms with Crippen LogP contribution in [0.4, 0.5) is 4.39 Å². The first-order chi connectivity index (χ1) is 7.74. The average molecular weight is 219 g/mol. The number of carbonyl (C=O) groups is 1. The van der Waals surface area contributed by atoms with Crippen molar-refractivity contribution in [1.29, 1.82) is 0 Å². The van der Waals surface area contributed by atoms with Crippen LogP contribution in [0.3, 0.4) is 0 Å². The molecule has 0 radical (unpaired) electrons. The standard InChI is InChI=1S/C13H14FNO/c14-9-3-1-8(2-4-9)11-7-12(11)13(16)15-10-5-6-10/h1-4,10-12H,5-7H2,(H,15,16). The first-order valence-electron chi connectivity index (χ1n) is 5.80. The van der Waals surface area contributed by atoms with Gasteiger partial charge in [-0.05, 0) is 42.9 Å². The van der Waals surface area contributed by atoms with E-state index >= 15 is 0 Å². The van der Waals surface area contributed by atoms with Crippen molar-refractivity contribution in [1.82, 2.24) is 5.32 Å². The molecule has 1 amide bonds. The van der Waals surface area contributed by atoms with Crippen molar-refractivity contribution >= 4 is 5.91 Å². The summed E-state index contributed by atoms with van der Waals surface area (Å²) in [7, 11) is 0. The van der Waals surface area contributed by atoms with Crippen molar-refractivity contribution in [2.45, 2.75) is 31.2 Å². The molecular weight excluding hydrogens is 205 g/mol. The summed E-state index contributed by atoms with van der Waals surface area (Å²) in [5.41, 5.74) is 1.08. The van der Waals surface area contributed by atoms with Gasteiger partial charge in [0.05, 0.1) is 0 Å². The third-order valence-electron chi connectivity index (χ3n) is 3.35. The smallest absolute Gasteiger partial charge is 0.223 e. The van der Waals surface area contributed by atoms with Gasteiger partial charge in [-0.15, -0.1) is 0 Å². The second-order valence-electron chi connectivity index (χ2n) is 4.78. The molecule has 0 aliphatic heterocycles. The van der Waals surface area contributed by atoms with Crippen molar-refractivity contribution in [3.8, 4) is 0 Å². The Morgan fingerprint density at radius 3 is 2.56 bits per heavy atom. The zero-order chi connectivity index (χ0) is 11.1. The first kappa shape index (κ1) is 9.82. The normalized spacial score (nSPS) is 27.6. The van der Waals surface area contributed by atoms with Gasteiger partial charge < -0.3 is 5.32 Å². The topological polar surface area (TPSA) is 29.1 Å². The molecule has 1 aromatic carbocycles. The Labute approximate surface area is 93.9 Å². The summed E-state index contributed by atoms with van der Waals surface area (Å²) in [6.45, 7) is 0. The molecule has 0 saturated heterocycles. The Morgan fingerprint density at radius 1 is 1.25 bits per heavy atom. The molecule has 16 heavy (non-hydrogen) atoms. The minimum Gasteiger partial charge on any atom is -0.353 e. The Kier molecular flexibility index (Phi) is 2.20. The second kappa shape index (κ2) is 3.58. The van der Waals surface area contributed by atoms with Gasteiger partial charge in [-0.25, -0.2) is 4.39 Å².